The molecule has 3 rings (SSSR count). The van der Waals surface area contributed by atoms with Crippen molar-refractivity contribution >= 4 is 11.6 Å². The van der Waals surface area contributed by atoms with Crippen LogP contribution in [0.4, 0.5) is 4.39 Å². The molecule has 0 amide bonds. The number of benzene rings is 1. The Morgan fingerprint density at radius 1 is 1.30 bits per heavy atom. The molecule has 106 valence electrons. The van der Waals surface area contributed by atoms with E-state index in [-0.39, 0.29) is 0 Å². The molecule has 0 aliphatic carbocycles. The van der Waals surface area contributed by atoms with Crippen LogP contribution >= 0.6 is 11.6 Å². The SMILES string of the molecule is CN1CCC(c2noc(-c3cc(F)cc(Cl)c3)n2)CC1. The molecule has 0 spiro atoms. The standard InChI is InChI=1S/C14H15ClFN3O/c1-19-4-2-9(3-5-19)13-17-14(20-18-13)10-6-11(15)8-12(16)7-10/h6-9H,2-5H2,1H3. The molecule has 2 aromatic rings. The maximum Gasteiger partial charge on any atom is 0.258 e. The first-order valence-corrected chi connectivity index (χ1v) is 6.98. The van der Waals surface area contributed by atoms with Gasteiger partial charge in [0.05, 0.1) is 0 Å². The minimum atomic E-state index is -0.411. The monoisotopic (exact) mass is 295 g/mol. The van der Waals surface area contributed by atoms with E-state index < -0.39 is 5.82 Å². The molecule has 1 aromatic carbocycles. The van der Waals surface area contributed by atoms with Gasteiger partial charge in [-0.15, -0.1) is 0 Å². The molecular weight excluding hydrogens is 281 g/mol. The van der Waals surface area contributed by atoms with Crippen molar-refractivity contribution in [1.82, 2.24) is 15.0 Å². The summed E-state index contributed by atoms with van der Waals surface area (Å²) in [6.07, 6.45) is 2.03. The van der Waals surface area contributed by atoms with Crippen molar-refractivity contribution in [2.45, 2.75) is 18.8 Å². The highest BCUT2D eigenvalue weighted by molar-refractivity contribution is 6.30. The van der Waals surface area contributed by atoms with Gasteiger partial charge in [0.15, 0.2) is 5.82 Å². The Morgan fingerprint density at radius 2 is 2.05 bits per heavy atom. The van der Waals surface area contributed by atoms with Crippen molar-refractivity contribution in [3.63, 3.8) is 0 Å². The Kier molecular flexibility index (Phi) is 3.72. The van der Waals surface area contributed by atoms with Crippen LogP contribution in [-0.4, -0.2) is 35.2 Å². The molecule has 1 fully saturated rings. The highest BCUT2D eigenvalue weighted by Gasteiger charge is 2.23. The van der Waals surface area contributed by atoms with Crippen molar-refractivity contribution in [3.05, 3.63) is 34.9 Å². The predicted molar refractivity (Wildman–Crippen MR) is 74.2 cm³/mol. The fourth-order valence-electron chi connectivity index (χ4n) is 2.46. The van der Waals surface area contributed by atoms with Crippen LogP contribution in [0.5, 0.6) is 0 Å². The molecule has 0 radical (unpaired) electrons. The van der Waals surface area contributed by atoms with E-state index in [0.717, 1.165) is 25.9 Å². The van der Waals surface area contributed by atoms with Gasteiger partial charge < -0.3 is 9.42 Å². The van der Waals surface area contributed by atoms with Gasteiger partial charge >= 0.3 is 0 Å². The summed E-state index contributed by atoms with van der Waals surface area (Å²) in [6, 6.07) is 4.22. The number of likely N-dealkylation sites (tertiary alicyclic amines) is 1. The minimum absolute atomic E-state index is 0.313. The number of rotatable bonds is 2. The summed E-state index contributed by atoms with van der Waals surface area (Å²) in [5.74, 6) is 0.924. The van der Waals surface area contributed by atoms with Crippen molar-refractivity contribution in [2.75, 3.05) is 20.1 Å². The van der Waals surface area contributed by atoms with E-state index in [9.17, 15) is 4.39 Å². The van der Waals surface area contributed by atoms with Crippen LogP contribution in [0.2, 0.25) is 5.02 Å². The van der Waals surface area contributed by atoms with E-state index in [1.54, 1.807) is 6.07 Å². The summed E-state index contributed by atoms with van der Waals surface area (Å²) < 4.78 is 18.6. The molecule has 6 heteroatoms. The maximum absolute atomic E-state index is 13.3. The van der Waals surface area contributed by atoms with E-state index in [1.165, 1.54) is 12.1 Å². The zero-order valence-corrected chi connectivity index (χ0v) is 11.9. The Hall–Kier alpha value is -1.46. The van der Waals surface area contributed by atoms with Crippen LogP contribution < -0.4 is 0 Å². The molecule has 0 atom stereocenters. The molecule has 0 unspecified atom stereocenters. The Labute approximate surface area is 121 Å². The molecule has 20 heavy (non-hydrogen) atoms. The average molecular weight is 296 g/mol. The van der Waals surface area contributed by atoms with E-state index in [4.69, 9.17) is 16.1 Å². The Balaban J connectivity index is 1.83. The third-order valence-electron chi connectivity index (χ3n) is 3.63. The van der Waals surface area contributed by atoms with Crippen molar-refractivity contribution < 1.29 is 8.91 Å². The fraction of sp³-hybridized carbons (Fsp3) is 0.429. The van der Waals surface area contributed by atoms with Crippen LogP contribution in [0.3, 0.4) is 0 Å². The summed E-state index contributed by atoms with van der Waals surface area (Å²) >= 11 is 5.84. The van der Waals surface area contributed by atoms with Crippen LogP contribution in [0.25, 0.3) is 11.5 Å². The highest BCUT2D eigenvalue weighted by atomic mass is 35.5. The van der Waals surface area contributed by atoms with Crippen molar-refractivity contribution in [1.29, 1.82) is 0 Å². The van der Waals surface area contributed by atoms with Crippen molar-refractivity contribution in [3.8, 4) is 11.5 Å². The van der Waals surface area contributed by atoms with E-state index >= 15 is 0 Å². The first kappa shape index (κ1) is 13.5. The second-order valence-electron chi connectivity index (χ2n) is 5.19. The van der Waals surface area contributed by atoms with Gasteiger partial charge in [0, 0.05) is 16.5 Å². The maximum atomic E-state index is 13.3. The van der Waals surface area contributed by atoms with Crippen LogP contribution in [0, 0.1) is 5.82 Å². The van der Waals surface area contributed by atoms with Gasteiger partial charge in [0.2, 0.25) is 0 Å². The molecule has 0 saturated carbocycles. The molecule has 1 aliphatic heterocycles. The predicted octanol–water partition coefficient (Wildman–Crippen LogP) is 3.34. The fourth-order valence-corrected chi connectivity index (χ4v) is 2.68. The Bertz CT molecular complexity index is 588. The molecule has 1 saturated heterocycles. The van der Waals surface area contributed by atoms with Gasteiger partial charge in [-0.05, 0) is 51.2 Å². The molecule has 1 aromatic heterocycles. The number of hydrogen-bond acceptors (Lipinski definition) is 4. The number of hydrogen-bond donors (Lipinski definition) is 0. The quantitative estimate of drug-likeness (QED) is 0.852. The van der Waals surface area contributed by atoms with E-state index in [2.05, 4.69) is 22.1 Å². The molecule has 4 nitrogen and oxygen atoms in total. The summed E-state index contributed by atoms with van der Waals surface area (Å²) in [6.45, 7) is 2.06. The molecule has 0 bridgehead atoms. The first-order chi connectivity index (χ1) is 9.61. The number of halogens is 2. The smallest absolute Gasteiger partial charge is 0.258 e. The summed E-state index contributed by atoms with van der Waals surface area (Å²) in [4.78, 5) is 6.67. The lowest BCUT2D eigenvalue weighted by Gasteiger charge is -2.26. The second-order valence-corrected chi connectivity index (χ2v) is 5.63. The lowest BCUT2D eigenvalue weighted by atomic mass is 9.96. The number of piperidine rings is 1. The van der Waals surface area contributed by atoms with Gasteiger partial charge in [-0.25, -0.2) is 4.39 Å². The van der Waals surface area contributed by atoms with E-state index in [0.29, 0.717) is 28.2 Å². The number of aromatic nitrogens is 2. The average Bonchev–Trinajstić information content (AvgIpc) is 2.88. The topological polar surface area (TPSA) is 42.2 Å². The van der Waals surface area contributed by atoms with E-state index in [1.807, 2.05) is 0 Å². The van der Waals surface area contributed by atoms with Crippen LogP contribution in [0.1, 0.15) is 24.6 Å². The number of nitrogens with zero attached hydrogens (tertiary/aromatic N) is 3. The third-order valence-corrected chi connectivity index (χ3v) is 3.85. The van der Waals surface area contributed by atoms with Gasteiger partial charge in [0.1, 0.15) is 5.82 Å². The summed E-state index contributed by atoms with van der Waals surface area (Å²) in [7, 11) is 2.10. The zero-order valence-electron chi connectivity index (χ0n) is 11.1. The summed E-state index contributed by atoms with van der Waals surface area (Å²) in [5.41, 5.74) is 0.515. The lowest BCUT2D eigenvalue weighted by Crippen LogP contribution is -2.29. The largest absolute Gasteiger partial charge is 0.334 e. The van der Waals surface area contributed by atoms with Gasteiger partial charge in [-0.3, -0.25) is 0 Å². The molecule has 1 aliphatic rings. The van der Waals surface area contributed by atoms with Crippen LogP contribution in [-0.2, 0) is 0 Å². The first-order valence-electron chi connectivity index (χ1n) is 6.60. The van der Waals surface area contributed by atoms with Crippen molar-refractivity contribution in [2.24, 2.45) is 0 Å². The Morgan fingerprint density at radius 3 is 2.75 bits per heavy atom. The molecule has 0 N–H and O–H groups in total. The lowest BCUT2D eigenvalue weighted by molar-refractivity contribution is 0.248. The third kappa shape index (κ3) is 2.83. The molecule has 2 heterocycles. The second kappa shape index (κ2) is 5.50. The van der Waals surface area contributed by atoms with Gasteiger partial charge in [0.25, 0.3) is 5.89 Å². The zero-order chi connectivity index (χ0) is 14.1. The van der Waals surface area contributed by atoms with Crippen LogP contribution in [0.15, 0.2) is 22.7 Å². The van der Waals surface area contributed by atoms with Gasteiger partial charge in [-0.1, -0.05) is 16.8 Å². The summed E-state index contributed by atoms with van der Waals surface area (Å²) in [5, 5.41) is 4.35. The molecular formula is C14H15ClFN3O. The normalized spacial score (nSPS) is 17.6. The highest BCUT2D eigenvalue weighted by Crippen LogP contribution is 2.28. The minimum Gasteiger partial charge on any atom is -0.334 e. The van der Waals surface area contributed by atoms with Gasteiger partial charge in [-0.2, -0.15) is 4.98 Å².